The minimum Gasteiger partial charge on any atom is -0.382 e. The van der Waals surface area contributed by atoms with E-state index in [9.17, 15) is 14.0 Å². The highest BCUT2D eigenvalue weighted by Gasteiger charge is 2.18. The normalized spacial score (nSPS) is 10.9. The topological polar surface area (TPSA) is 158 Å². The van der Waals surface area contributed by atoms with Crippen LogP contribution < -0.4 is 16.6 Å². The third kappa shape index (κ3) is 4.53. The Kier molecular flexibility index (Phi) is 5.59. The number of amides is 1. The van der Waals surface area contributed by atoms with Gasteiger partial charge in [0.25, 0.3) is 5.91 Å². The van der Waals surface area contributed by atoms with Crippen LogP contribution in [0.3, 0.4) is 0 Å². The smallest absolute Gasteiger partial charge is 0.272 e. The summed E-state index contributed by atoms with van der Waals surface area (Å²) in [7, 11) is 0. The zero-order valence-electron chi connectivity index (χ0n) is 18.0. The number of hydrogen-bond donors (Lipinski definition) is 3. The van der Waals surface area contributed by atoms with Gasteiger partial charge in [-0.2, -0.15) is 5.10 Å². The van der Waals surface area contributed by atoms with Gasteiger partial charge >= 0.3 is 0 Å². The van der Waals surface area contributed by atoms with Crippen LogP contribution in [0.15, 0.2) is 76.4 Å². The van der Waals surface area contributed by atoms with Crippen molar-refractivity contribution in [3.05, 3.63) is 94.5 Å². The molecule has 4 heterocycles. The molecule has 11 nitrogen and oxygen atoms in total. The molecule has 0 aliphatic carbocycles. The molecular weight excluding hydrogens is 455 g/mol. The highest BCUT2D eigenvalue weighted by Crippen LogP contribution is 2.26. The first-order valence-corrected chi connectivity index (χ1v) is 10.3. The van der Waals surface area contributed by atoms with Crippen LogP contribution in [0.5, 0.6) is 0 Å². The number of nitrogen functional groups attached to an aromatic ring is 1. The molecule has 12 heteroatoms. The lowest BCUT2D eigenvalue weighted by atomic mass is 10.2. The molecule has 0 spiro atoms. The number of nitrogens with zero attached hydrogens (tertiary/aromatic N) is 5. The monoisotopic (exact) mass is 472 g/mol. The number of benzene rings is 1. The summed E-state index contributed by atoms with van der Waals surface area (Å²) in [6.45, 7) is 0.133. The van der Waals surface area contributed by atoms with Crippen LogP contribution in [0.2, 0.25) is 0 Å². The second-order valence-electron chi connectivity index (χ2n) is 7.42. The van der Waals surface area contributed by atoms with Gasteiger partial charge in [-0.05, 0) is 18.2 Å². The molecule has 0 radical (unpaired) electrons. The summed E-state index contributed by atoms with van der Waals surface area (Å²) in [5, 5.41) is 11.0. The molecule has 0 aliphatic heterocycles. The molecule has 1 aromatic carbocycles. The van der Waals surface area contributed by atoms with Crippen LogP contribution >= 0.6 is 0 Å². The van der Waals surface area contributed by atoms with E-state index in [4.69, 9.17) is 10.3 Å². The molecule has 0 aliphatic rings. The van der Waals surface area contributed by atoms with Crippen molar-refractivity contribution < 1.29 is 13.7 Å². The Morgan fingerprint density at radius 1 is 1.14 bits per heavy atom. The van der Waals surface area contributed by atoms with E-state index in [1.165, 1.54) is 36.7 Å². The second-order valence-corrected chi connectivity index (χ2v) is 7.42. The van der Waals surface area contributed by atoms with Crippen molar-refractivity contribution >= 4 is 17.4 Å². The molecule has 174 valence electrons. The van der Waals surface area contributed by atoms with Crippen molar-refractivity contribution in [1.29, 1.82) is 0 Å². The number of anilines is 2. The van der Waals surface area contributed by atoms with Gasteiger partial charge in [0, 0.05) is 17.7 Å². The summed E-state index contributed by atoms with van der Waals surface area (Å²) in [4.78, 5) is 34.8. The van der Waals surface area contributed by atoms with Crippen molar-refractivity contribution in [2.45, 2.75) is 6.54 Å². The van der Waals surface area contributed by atoms with Gasteiger partial charge in [-0.1, -0.05) is 29.4 Å². The molecule has 35 heavy (non-hydrogen) atoms. The molecule has 4 aromatic heterocycles. The van der Waals surface area contributed by atoms with Gasteiger partial charge in [0.1, 0.15) is 34.8 Å². The quantitative estimate of drug-likeness (QED) is 0.340. The molecular formula is C23H17FN8O3. The standard InChI is InChI=1S/C23H17FN8O3/c24-14-5-2-1-4-13(14)12-32-19(15-8-9-35-31-15)10-17(30-32)22-26-11-18(21(25)29-22)28-23(34)16-6-3-7-20(33)27-16/h1-11H,12H2,(H,27,33)(H,28,34)(H2,25,26,29). The molecule has 0 atom stereocenters. The average Bonchev–Trinajstić information content (AvgIpc) is 3.52. The summed E-state index contributed by atoms with van der Waals surface area (Å²) in [6.07, 6.45) is 2.75. The number of aromatic amines is 1. The molecule has 0 unspecified atom stereocenters. The highest BCUT2D eigenvalue weighted by molar-refractivity contribution is 6.04. The Hall–Kier alpha value is -5.13. The molecule has 0 saturated heterocycles. The lowest BCUT2D eigenvalue weighted by molar-refractivity contribution is 0.102. The molecule has 0 saturated carbocycles. The first kappa shape index (κ1) is 21.7. The van der Waals surface area contributed by atoms with Gasteiger partial charge in [0.05, 0.1) is 18.4 Å². The van der Waals surface area contributed by atoms with E-state index in [1.54, 1.807) is 35.0 Å². The van der Waals surface area contributed by atoms with Crippen LogP contribution in [0.1, 0.15) is 16.1 Å². The first-order valence-electron chi connectivity index (χ1n) is 10.3. The Morgan fingerprint density at radius 3 is 2.74 bits per heavy atom. The number of rotatable bonds is 6. The van der Waals surface area contributed by atoms with E-state index in [1.807, 2.05) is 0 Å². The molecule has 5 aromatic rings. The molecule has 0 bridgehead atoms. The van der Waals surface area contributed by atoms with Crippen molar-refractivity contribution in [1.82, 2.24) is 29.9 Å². The summed E-state index contributed by atoms with van der Waals surface area (Å²) in [5.41, 5.74) is 7.70. The third-order valence-corrected chi connectivity index (χ3v) is 5.07. The van der Waals surface area contributed by atoms with Crippen LogP contribution in [-0.2, 0) is 6.54 Å². The van der Waals surface area contributed by atoms with Gasteiger partial charge in [-0.15, -0.1) is 0 Å². The van der Waals surface area contributed by atoms with E-state index >= 15 is 0 Å². The van der Waals surface area contributed by atoms with Crippen molar-refractivity contribution in [2.24, 2.45) is 0 Å². The molecule has 1 amide bonds. The third-order valence-electron chi connectivity index (χ3n) is 5.07. The number of carbonyl (C=O) groups is 1. The van der Waals surface area contributed by atoms with Gasteiger partial charge in [0.15, 0.2) is 11.6 Å². The number of halogens is 1. The average molecular weight is 472 g/mol. The van der Waals surface area contributed by atoms with Crippen molar-refractivity contribution in [2.75, 3.05) is 11.1 Å². The summed E-state index contributed by atoms with van der Waals surface area (Å²) < 4.78 is 20.8. The summed E-state index contributed by atoms with van der Waals surface area (Å²) in [5.74, 6) is -0.761. The van der Waals surface area contributed by atoms with Crippen LogP contribution in [0.25, 0.3) is 22.9 Å². The lowest BCUT2D eigenvalue weighted by Gasteiger charge is -2.08. The van der Waals surface area contributed by atoms with Crippen LogP contribution in [-0.4, -0.2) is 35.8 Å². The first-order chi connectivity index (χ1) is 17.0. The van der Waals surface area contributed by atoms with E-state index in [2.05, 4.69) is 30.5 Å². The summed E-state index contributed by atoms with van der Waals surface area (Å²) >= 11 is 0. The van der Waals surface area contributed by atoms with Gasteiger partial charge in [0.2, 0.25) is 5.56 Å². The van der Waals surface area contributed by atoms with Crippen LogP contribution in [0.4, 0.5) is 15.9 Å². The fourth-order valence-electron chi connectivity index (χ4n) is 3.37. The van der Waals surface area contributed by atoms with E-state index < -0.39 is 11.5 Å². The number of nitrogens with two attached hydrogens (primary N) is 1. The minimum absolute atomic E-state index is 0.00623. The SMILES string of the molecule is Nc1nc(-c2cc(-c3ccon3)n(Cc3ccccc3F)n2)ncc1NC(=O)c1cccc(=O)[nH]1. The van der Waals surface area contributed by atoms with Gasteiger partial charge in [-0.3, -0.25) is 14.3 Å². The van der Waals surface area contributed by atoms with Gasteiger partial charge in [-0.25, -0.2) is 14.4 Å². The van der Waals surface area contributed by atoms with E-state index in [0.717, 1.165) is 0 Å². The number of nitrogens with one attached hydrogen (secondary N) is 2. The van der Waals surface area contributed by atoms with Crippen molar-refractivity contribution in [3.63, 3.8) is 0 Å². The lowest BCUT2D eigenvalue weighted by Crippen LogP contribution is -2.19. The van der Waals surface area contributed by atoms with Crippen LogP contribution in [0, 0.1) is 5.82 Å². The maximum Gasteiger partial charge on any atom is 0.272 e. The Morgan fingerprint density at radius 2 is 2.00 bits per heavy atom. The molecule has 5 rings (SSSR count). The Balaban J connectivity index is 1.45. The largest absolute Gasteiger partial charge is 0.382 e. The number of aromatic nitrogens is 6. The predicted octanol–water partition coefficient (Wildman–Crippen LogP) is 2.71. The fraction of sp³-hybridized carbons (Fsp3) is 0.0435. The van der Waals surface area contributed by atoms with E-state index in [0.29, 0.717) is 22.6 Å². The fourth-order valence-corrected chi connectivity index (χ4v) is 3.37. The number of H-pyrrole nitrogens is 1. The number of hydrogen-bond acceptors (Lipinski definition) is 8. The Bertz CT molecular complexity index is 1580. The predicted molar refractivity (Wildman–Crippen MR) is 124 cm³/mol. The van der Waals surface area contributed by atoms with Crippen molar-refractivity contribution in [3.8, 4) is 22.9 Å². The number of pyridine rings is 1. The maximum absolute atomic E-state index is 14.3. The maximum atomic E-state index is 14.3. The highest BCUT2D eigenvalue weighted by atomic mass is 19.1. The number of carbonyl (C=O) groups excluding carboxylic acids is 1. The van der Waals surface area contributed by atoms with Gasteiger partial charge < -0.3 is 20.6 Å². The molecule has 0 fully saturated rings. The minimum atomic E-state index is -0.576. The second kappa shape index (κ2) is 9.02. The zero-order valence-corrected chi connectivity index (χ0v) is 18.0. The summed E-state index contributed by atoms with van der Waals surface area (Å²) in [6, 6.07) is 13.9. The van der Waals surface area contributed by atoms with E-state index in [-0.39, 0.29) is 35.4 Å². The zero-order chi connectivity index (χ0) is 24.4. The Labute approximate surface area is 196 Å². The molecule has 4 N–H and O–H groups in total.